The van der Waals surface area contributed by atoms with Crippen molar-refractivity contribution in [1.82, 2.24) is 9.78 Å². The zero-order chi connectivity index (χ0) is 8.89. The molecule has 2 aliphatic rings. The van der Waals surface area contributed by atoms with E-state index in [0.717, 1.165) is 13.2 Å². The Balaban J connectivity index is 1.95. The molecule has 4 nitrogen and oxygen atoms in total. The Morgan fingerprint density at radius 3 is 3.08 bits per heavy atom. The minimum atomic E-state index is 0.161. The Bertz CT molecular complexity index is 341. The first-order valence-corrected chi connectivity index (χ1v) is 4.67. The second-order valence-electron chi connectivity index (χ2n) is 4.13. The normalized spacial score (nSPS) is 23.4. The molecule has 1 aromatic rings. The van der Waals surface area contributed by atoms with Crippen molar-refractivity contribution in [2.24, 2.45) is 5.41 Å². The molecule has 0 aromatic carbocycles. The third kappa shape index (κ3) is 0.884. The van der Waals surface area contributed by atoms with Crippen molar-refractivity contribution in [3.8, 4) is 11.6 Å². The topological polar surface area (TPSA) is 47.3 Å². The molecule has 2 heterocycles. The smallest absolute Gasteiger partial charge is 0.255 e. The van der Waals surface area contributed by atoms with Gasteiger partial charge in [0.25, 0.3) is 5.88 Å². The second-order valence-corrected chi connectivity index (χ2v) is 4.13. The first kappa shape index (κ1) is 7.24. The molecule has 0 unspecified atom stereocenters. The summed E-state index contributed by atoms with van der Waals surface area (Å²) in [6.07, 6.45) is 5.21. The molecule has 0 atom stereocenters. The Morgan fingerprint density at radius 2 is 2.38 bits per heavy atom. The van der Waals surface area contributed by atoms with Crippen LogP contribution in [0, 0.1) is 5.41 Å². The first-order valence-electron chi connectivity index (χ1n) is 4.67. The van der Waals surface area contributed by atoms with E-state index in [9.17, 15) is 5.11 Å². The van der Waals surface area contributed by atoms with Crippen LogP contribution in [0.3, 0.4) is 0 Å². The lowest BCUT2D eigenvalue weighted by Crippen LogP contribution is -2.43. The lowest BCUT2D eigenvalue weighted by atomic mass is 9.69. The van der Waals surface area contributed by atoms with E-state index in [4.69, 9.17) is 4.74 Å². The largest absolute Gasteiger partial charge is 0.502 e. The average Bonchev–Trinajstić information content (AvgIpc) is 2.45. The standard InChI is InChI=1S/C9H12N2O2/c12-7-4-10-11-5-9(2-1-3-9)6-13-8(7)11/h4,12H,1-3,5-6H2. The molecular formula is C9H12N2O2. The van der Waals surface area contributed by atoms with E-state index in [0.29, 0.717) is 11.3 Å². The van der Waals surface area contributed by atoms with Gasteiger partial charge in [0.15, 0.2) is 5.75 Å². The predicted molar refractivity (Wildman–Crippen MR) is 45.7 cm³/mol. The van der Waals surface area contributed by atoms with E-state index in [1.807, 2.05) is 0 Å². The average molecular weight is 180 g/mol. The maximum Gasteiger partial charge on any atom is 0.255 e. The van der Waals surface area contributed by atoms with Crippen LogP contribution in [0.5, 0.6) is 11.6 Å². The quantitative estimate of drug-likeness (QED) is 0.651. The van der Waals surface area contributed by atoms with Gasteiger partial charge in [0.1, 0.15) is 0 Å². The monoisotopic (exact) mass is 180 g/mol. The summed E-state index contributed by atoms with van der Waals surface area (Å²) in [6, 6.07) is 0. The van der Waals surface area contributed by atoms with Crippen molar-refractivity contribution in [3.05, 3.63) is 6.20 Å². The predicted octanol–water partition coefficient (Wildman–Crippen LogP) is 1.15. The molecule has 1 spiro atoms. The van der Waals surface area contributed by atoms with E-state index < -0.39 is 0 Å². The Morgan fingerprint density at radius 1 is 1.54 bits per heavy atom. The van der Waals surface area contributed by atoms with Crippen LogP contribution < -0.4 is 4.74 Å². The van der Waals surface area contributed by atoms with Gasteiger partial charge in [0.2, 0.25) is 0 Å². The van der Waals surface area contributed by atoms with Crippen molar-refractivity contribution in [2.75, 3.05) is 6.61 Å². The number of nitrogens with zero attached hydrogens (tertiary/aromatic N) is 2. The first-order chi connectivity index (χ1) is 6.29. The van der Waals surface area contributed by atoms with Gasteiger partial charge in [-0.15, -0.1) is 0 Å². The summed E-state index contributed by atoms with van der Waals surface area (Å²) in [4.78, 5) is 0. The molecule has 13 heavy (non-hydrogen) atoms. The number of fused-ring (bicyclic) bond motifs is 1. The van der Waals surface area contributed by atoms with Gasteiger partial charge in [-0.2, -0.15) is 5.10 Å². The van der Waals surface area contributed by atoms with E-state index in [2.05, 4.69) is 5.10 Å². The molecule has 1 fully saturated rings. The summed E-state index contributed by atoms with van der Waals surface area (Å²) in [5.74, 6) is 0.701. The molecule has 0 saturated heterocycles. The molecule has 1 aromatic heterocycles. The van der Waals surface area contributed by atoms with Gasteiger partial charge in [-0.25, -0.2) is 4.68 Å². The number of aromatic nitrogens is 2. The highest BCUT2D eigenvalue weighted by Gasteiger charge is 2.42. The Kier molecular flexibility index (Phi) is 1.22. The molecule has 0 bridgehead atoms. The fraction of sp³-hybridized carbons (Fsp3) is 0.667. The lowest BCUT2D eigenvalue weighted by Gasteiger charge is -2.43. The van der Waals surface area contributed by atoms with Crippen molar-refractivity contribution in [2.45, 2.75) is 25.8 Å². The van der Waals surface area contributed by atoms with Crippen molar-refractivity contribution in [3.63, 3.8) is 0 Å². The summed E-state index contributed by atoms with van der Waals surface area (Å²) in [5, 5.41) is 13.4. The highest BCUT2D eigenvalue weighted by Crippen LogP contribution is 2.46. The van der Waals surface area contributed by atoms with Crippen LogP contribution in [0.4, 0.5) is 0 Å². The molecule has 0 radical (unpaired) electrons. The molecule has 0 amide bonds. The summed E-state index contributed by atoms with van der Waals surface area (Å²) in [6.45, 7) is 1.65. The summed E-state index contributed by atoms with van der Waals surface area (Å²) >= 11 is 0. The van der Waals surface area contributed by atoms with Gasteiger partial charge in [-0.1, -0.05) is 6.42 Å². The molecule has 4 heteroatoms. The molecule has 70 valence electrons. The highest BCUT2D eigenvalue weighted by atomic mass is 16.5. The number of aromatic hydroxyl groups is 1. The highest BCUT2D eigenvalue weighted by molar-refractivity contribution is 5.31. The van der Waals surface area contributed by atoms with Gasteiger partial charge in [-0.05, 0) is 12.8 Å². The van der Waals surface area contributed by atoms with E-state index in [1.165, 1.54) is 25.5 Å². The molecule has 1 aliphatic heterocycles. The van der Waals surface area contributed by atoms with Gasteiger partial charge in [-0.3, -0.25) is 0 Å². The number of rotatable bonds is 0. The van der Waals surface area contributed by atoms with Crippen LogP contribution in [0.2, 0.25) is 0 Å². The summed E-state index contributed by atoms with van der Waals surface area (Å²) in [7, 11) is 0. The number of hydrogen-bond donors (Lipinski definition) is 1. The fourth-order valence-electron chi connectivity index (χ4n) is 2.19. The van der Waals surface area contributed by atoms with Gasteiger partial charge >= 0.3 is 0 Å². The zero-order valence-corrected chi connectivity index (χ0v) is 7.36. The minimum absolute atomic E-state index is 0.161. The Hall–Kier alpha value is -1.19. The van der Waals surface area contributed by atoms with Crippen molar-refractivity contribution < 1.29 is 9.84 Å². The fourth-order valence-corrected chi connectivity index (χ4v) is 2.19. The van der Waals surface area contributed by atoms with Crippen molar-refractivity contribution >= 4 is 0 Å². The summed E-state index contributed by atoms with van der Waals surface area (Å²) < 4.78 is 7.28. The van der Waals surface area contributed by atoms with Gasteiger partial charge in [0, 0.05) is 5.41 Å². The lowest BCUT2D eigenvalue weighted by molar-refractivity contribution is 0.000503. The van der Waals surface area contributed by atoms with E-state index in [-0.39, 0.29) is 5.75 Å². The van der Waals surface area contributed by atoms with Crippen LogP contribution in [0.1, 0.15) is 19.3 Å². The van der Waals surface area contributed by atoms with Gasteiger partial charge in [0.05, 0.1) is 19.3 Å². The molecule has 1 N–H and O–H groups in total. The Labute approximate surface area is 76.1 Å². The van der Waals surface area contributed by atoms with Crippen LogP contribution in [0.15, 0.2) is 6.20 Å². The minimum Gasteiger partial charge on any atom is -0.502 e. The molecule has 1 saturated carbocycles. The third-order valence-electron chi connectivity index (χ3n) is 3.19. The molecule has 1 aliphatic carbocycles. The zero-order valence-electron chi connectivity index (χ0n) is 7.36. The molecular weight excluding hydrogens is 168 g/mol. The van der Waals surface area contributed by atoms with E-state index >= 15 is 0 Å². The molecule has 3 rings (SSSR count). The maximum absolute atomic E-state index is 9.35. The van der Waals surface area contributed by atoms with Crippen molar-refractivity contribution in [1.29, 1.82) is 0 Å². The number of hydrogen-bond acceptors (Lipinski definition) is 3. The van der Waals surface area contributed by atoms with E-state index in [1.54, 1.807) is 4.68 Å². The summed E-state index contributed by atoms with van der Waals surface area (Å²) in [5.41, 5.74) is 0.325. The second kappa shape index (κ2) is 2.19. The van der Waals surface area contributed by atoms with Crippen LogP contribution >= 0.6 is 0 Å². The maximum atomic E-state index is 9.35. The van der Waals surface area contributed by atoms with Crippen LogP contribution in [0.25, 0.3) is 0 Å². The van der Waals surface area contributed by atoms with Crippen LogP contribution in [-0.2, 0) is 6.54 Å². The SMILES string of the molecule is Oc1cnn2c1OCC1(CCC1)C2. The number of ether oxygens (including phenoxy) is 1. The third-order valence-corrected chi connectivity index (χ3v) is 3.19. The van der Waals surface area contributed by atoms with Crippen LogP contribution in [-0.4, -0.2) is 21.5 Å². The van der Waals surface area contributed by atoms with Gasteiger partial charge < -0.3 is 9.84 Å².